The van der Waals surface area contributed by atoms with E-state index in [1.807, 2.05) is 18.2 Å². The van der Waals surface area contributed by atoms with Crippen molar-refractivity contribution in [1.29, 1.82) is 0 Å². The van der Waals surface area contributed by atoms with Gasteiger partial charge in [0.2, 0.25) is 0 Å². The Labute approximate surface area is 107 Å². The summed E-state index contributed by atoms with van der Waals surface area (Å²) >= 11 is 0. The van der Waals surface area contributed by atoms with E-state index in [1.165, 1.54) is 7.11 Å². The third-order valence-electron chi connectivity index (χ3n) is 3.00. The van der Waals surface area contributed by atoms with Crippen LogP contribution >= 0.6 is 0 Å². The zero-order valence-electron chi connectivity index (χ0n) is 10.6. The van der Waals surface area contributed by atoms with Crippen LogP contribution in [0, 0.1) is 0 Å². The molecule has 98 valence electrons. The van der Waals surface area contributed by atoms with Gasteiger partial charge >= 0.3 is 5.97 Å². The van der Waals surface area contributed by atoms with Gasteiger partial charge in [0, 0.05) is 0 Å². The van der Waals surface area contributed by atoms with Gasteiger partial charge in [0.25, 0.3) is 0 Å². The normalized spacial score (nSPS) is 15.8. The van der Waals surface area contributed by atoms with E-state index in [4.69, 9.17) is 14.2 Å². The van der Waals surface area contributed by atoms with Gasteiger partial charge < -0.3 is 14.2 Å². The van der Waals surface area contributed by atoms with Gasteiger partial charge in [0.15, 0.2) is 6.29 Å². The summed E-state index contributed by atoms with van der Waals surface area (Å²) in [5, 5.41) is 0. The van der Waals surface area contributed by atoms with Crippen molar-refractivity contribution in [3.63, 3.8) is 0 Å². The first-order valence-electron chi connectivity index (χ1n) is 6.20. The SMILES string of the molecule is COC(=O)c1ccccc1CCCC1OCCO1. The Morgan fingerprint density at radius 2 is 2.06 bits per heavy atom. The number of methoxy groups -OCH3 is 1. The van der Waals surface area contributed by atoms with E-state index in [-0.39, 0.29) is 12.3 Å². The van der Waals surface area contributed by atoms with Crippen LogP contribution < -0.4 is 0 Å². The van der Waals surface area contributed by atoms with Crippen LogP contribution in [-0.2, 0) is 20.6 Å². The molecule has 4 nitrogen and oxygen atoms in total. The summed E-state index contributed by atoms with van der Waals surface area (Å²) in [4.78, 5) is 11.6. The summed E-state index contributed by atoms with van der Waals surface area (Å²) in [6.07, 6.45) is 2.54. The fraction of sp³-hybridized carbons (Fsp3) is 0.500. The van der Waals surface area contributed by atoms with Crippen LogP contribution in [0.25, 0.3) is 0 Å². The molecule has 1 heterocycles. The molecule has 0 atom stereocenters. The third kappa shape index (κ3) is 3.31. The molecule has 0 aliphatic carbocycles. The van der Waals surface area contributed by atoms with E-state index < -0.39 is 0 Å². The summed E-state index contributed by atoms with van der Waals surface area (Å²) in [7, 11) is 1.40. The van der Waals surface area contributed by atoms with Gasteiger partial charge in [-0.1, -0.05) is 18.2 Å². The second-order valence-corrected chi connectivity index (χ2v) is 4.21. The van der Waals surface area contributed by atoms with E-state index >= 15 is 0 Å². The molecule has 1 saturated heterocycles. The van der Waals surface area contributed by atoms with Crippen LogP contribution in [0.2, 0.25) is 0 Å². The number of ether oxygens (including phenoxy) is 3. The Morgan fingerprint density at radius 1 is 1.33 bits per heavy atom. The summed E-state index contributed by atoms with van der Waals surface area (Å²) in [5.41, 5.74) is 1.66. The molecule has 1 aliphatic rings. The number of hydrogen-bond donors (Lipinski definition) is 0. The molecule has 0 radical (unpaired) electrons. The lowest BCUT2D eigenvalue weighted by Crippen LogP contribution is -2.09. The Kier molecular flexibility index (Phi) is 4.73. The van der Waals surface area contributed by atoms with Crippen LogP contribution in [-0.4, -0.2) is 32.6 Å². The van der Waals surface area contributed by atoms with Crippen molar-refractivity contribution in [2.45, 2.75) is 25.6 Å². The van der Waals surface area contributed by atoms with Crippen LogP contribution in [0.15, 0.2) is 24.3 Å². The zero-order chi connectivity index (χ0) is 12.8. The van der Waals surface area contributed by atoms with E-state index in [9.17, 15) is 4.79 Å². The molecule has 0 N–H and O–H groups in total. The number of hydrogen-bond acceptors (Lipinski definition) is 4. The molecule has 0 amide bonds. The van der Waals surface area contributed by atoms with Crippen molar-refractivity contribution in [3.8, 4) is 0 Å². The maximum absolute atomic E-state index is 11.6. The van der Waals surface area contributed by atoms with E-state index in [0.717, 1.165) is 24.8 Å². The minimum atomic E-state index is -0.279. The van der Waals surface area contributed by atoms with Gasteiger partial charge in [-0.3, -0.25) is 0 Å². The first-order chi connectivity index (χ1) is 8.81. The Balaban J connectivity index is 1.89. The van der Waals surface area contributed by atoms with Crippen molar-refractivity contribution < 1.29 is 19.0 Å². The van der Waals surface area contributed by atoms with Crippen LogP contribution in [0.5, 0.6) is 0 Å². The minimum absolute atomic E-state index is 0.0738. The summed E-state index contributed by atoms with van der Waals surface area (Å²) in [5.74, 6) is -0.279. The standard InChI is InChI=1S/C14H18O4/c1-16-14(15)12-7-3-2-5-11(12)6-4-8-13-17-9-10-18-13/h2-3,5,7,13H,4,6,8-10H2,1H3. The fourth-order valence-electron chi connectivity index (χ4n) is 2.08. The molecular formula is C14H18O4. The maximum Gasteiger partial charge on any atom is 0.338 e. The first-order valence-corrected chi connectivity index (χ1v) is 6.20. The predicted octanol–water partition coefficient (Wildman–Crippen LogP) is 2.17. The van der Waals surface area contributed by atoms with Crippen molar-refractivity contribution >= 4 is 5.97 Å². The lowest BCUT2D eigenvalue weighted by Gasteiger charge is -2.10. The second kappa shape index (κ2) is 6.52. The second-order valence-electron chi connectivity index (χ2n) is 4.21. The quantitative estimate of drug-likeness (QED) is 0.751. The van der Waals surface area contributed by atoms with Gasteiger partial charge in [-0.05, 0) is 30.9 Å². The van der Waals surface area contributed by atoms with Gasteiger partial charge in [-0.25, -0.2) is 4.79 Å². The number of rotatable bonds is 5. The molecule has 0 aromatic heterocycles. The van der Waals surface area contributed by atoms with Gasteiger partial charge in [0.05, 0.1) is 25.9 Å². The number of benzene rings is 1. The topological polar surface area (TPSA) is 44.8 Å². The molecule has 4 heteroatoms. The third-order valence-corrected chi connectivity index (χ3v) is 3.00. The average Bonchev–Trinajstić information content (AvgIpc) is 2.92. The monoisotopic (exact) mass is 250 g/mol. The number of carbonyl (C=O) groups excluding carboxylic acids is 1. The Hall–Kier alpha value is -1.39. The Bertz CT molecular complexity index is 397. The molecule has 0 spiro atoms. The predicted molar refractivity (Wildman–Crippen MR) is 66.4 cm³/mol. The van der Waals surface area contributed by atoms with E-state index in [0.29, 0.717) is 18.8 Å². The molecule has 0 saturated carbocycles. The van der Waals surface area contributed by atoms with Crippen molar-refractivity contribution in [2.24, 2.45) is 0 Å². The molecule has 0 bridgehead atoms. The summed E-state index contributed by atoms with van der Waals surface area (Å²) in [6.45, 7) is 1.37. The minimum Gasteiger partial charge on any atom is -0.465 e. The van der Waals surface area contributed by atoms with Gasteiger partial charge in [-0.2, -0.15) is 0 Å². The lowest BCUT2D eigenvalue weighted by molar-refractivity contribution is -0.0475. The highest BCUT2D eigenvalue weighted by Crippen LogP contribution is 2.16. The highest BCUT2D eigenvalue weighted by Gasteiger charge is 2.16. The van der Waals surface area contributed by atoms with Crippen molar-refractivity contribution in [2.75, 3.05) is 20.3 Å². The molecule has 2 rings (SSSR count). The largest absolute Gasteiger partial charge is 0.465 e. The number of aryl methyl sites for hydroxylation is 1. The Morgan fingerprint density at radius 3 is 2.78 bits per heavy atom. The fourth-order valence-corrected chi connectivity index (χ4v) is 2.08. The summed E-state index contributed by atoms with van der Waals surface area (Å²) < 4.78 is 15.5. The van der Waals surface area contributed by atoms with Crippen molar-refractivity contribution in [3.05, 3.63) is 35.4 Å². The van der Waals surface area contributed by atoms with Gasteiger partial charge in [0.1, 0.15) is 0 Å². The van der Waals surface area contributed by atoms with Gasteiger partial charge in [-0.15, -0.1) is 0 Å². The molecule has 1 fully saturated rings. The molecule has 1 aromatic carbocycles. The molecule has 1 aromatic rings. The smallest absolute Gasteiger partial charge is 0.338 e. The van der Waals surface area contributed by atoms with Crippen LogP contribution in [0.1, 0.15) is 28.8 Å². The lowest BCUT2D eigenvalue weighted by atomic mass is 10.0. The first kappa shape index (κ1) is 13.1. The van der Waals surface area contributed by atoms with Crippen LogP contribution in [0.4, 0.5) is 0 Å². The molecule has 18 heavy (non-hydrogen) atoms. The summed E-state index contributed by atoms with van der Waals surface area (Å²) in [6, 6.07) is 7.54. The van der Waals surface area contributed by atoms with E-state index in [1.54, 1.807) is 6.07 Å². The number of esters is 1. The highest BCUT2D eigenvalue weighted by molar-refractivity contribution is 5.90. The molecular weight excluding hydrogens is 232 g/mol. The maximum atomic E-state index is 11.6. The number of carbonyl (C=O) groups is 1. The zero-order valence-corrected chi connectivity index (χ0v) is 10.6. The van der Waals surface area contributed by atoms with E-state index in [2.05, 4.69) is 0 Å². The molecule has 1 aliphatic heterocycles. The molecule has 0 unspecified atom stereocenters. The van der Waals surface area contributed by atoms with Crippen molar-refractivity contribution in [1.82, 2.24) is 0 Å². The highest BCUT2D eigenvalue weighted by atomic mass is 16.7. The average molecular weight is 250 g/mol. The van der Waals surface area contributed by atoms with Crippen LogP contribution in [0.3, 0.4) is 0 Å².